The van der Waals surface area contributed by atoms with Crippen molar-refractivity contribution in [2.75, 3.05) is 0 Å². The number of halogens is 2. The number of carbonyl (C=O) groups excluding carboxylic acids is 1. The molecule has 0 radical (unpaired) electrons. The molecule has 1 aromatic carbocycles. The number of aromatic amines is 1. The largest absolute Gasteiger partial charge is 0.350 e. The summed E-state index contributed by atoms with van der Waals surface area (Å²) in [6.07, 6.45) is 5.44. The van der Waals surface area contributed by atoms with Crippen molar-refractivity contribution in [3.63, 3.8) is 0 Å². The zero-order chi connectivity index (χ0) is 16.2. The van der Waals surface area contributed by atoms with Crippen LogP contribution in [0, 0.1) is 5.82 Å². The summed E-state index contributed by atoms with van der Waals surface area (Å²) in [6, 6.07) is 4.48. The third-order valence-electron chi connectivity index (χ3n) is 4.27. The van der Waals surface area contributed by atoms with Crippen molar-refractivity contribution < 1.29 is 9.18 Å². The number of hydrogen-bond donors (Lipinski definition) is 2. The summed E-state index contributed by atoms with van der Waals surface area (Å²) < 4.78 is 15.2. The van der Waals surface area contributed by atoms with Gasteiger partial charge in [-0.2, -0.15) is 5.10 Å². The van der Waals surface area contributed by atoms with E-state index >= 15 is 0 Å². The average Bonchev–Trinajstić information content (AvgIpc) is 2.94. The lowest BCUT2D eigenvalue weighted by Crippen LogP contribution is -2.34. The van der Waals surface area contributed by atoms with Gasteiger partial charge in [0, 0.05) is 29.7 Å². The standard InChI is InChI=1S/C16H14ClFN4O/c1-22-8-10(7-19-22)16(2-3-16)21-15(23)14-5-9-4-11(17)12(18)6-13(9)20-14/h4-8,20H,2-3H2,1H3,(H,21,23). The maximum absolute atomic E-state index is 13.5. The van der Waals surface area contributed by atoms with Crippen molar-refractivity contribution in [3.8, 4) is 0 Å². The number of benzene rings is 1. The molecular formula is C16H14ClFN4O. The van der Waals surface area contributed by atoms with E-state index in [0.29, 0.717) is 16.6 Å². The number of H-pyrrole nitrogens is 1. The molecule has 0 atom stereocenters. The Morgan fingerprint density at radius 2 is 2.22 bits per heavy atom. The third-order valence-corrected chi connectivity index (χ3v) is 4.56. The number of nitrogens with zero attached hydrogens (tertiary/aromatic N) is 2. The van der Waals surface area contributed by atoms with E-state index in [1.54, 1.807) is 16.9 Å². The molecule has 0 aliphatic heterocycles. The first-order chi connectivity index (χ1) is 11.0. The fourth-order valence-corrected chi connectivity index (χ4v) is 2.98. The molecule has 1 saturated carbocycles. The van der Waals surface area contributed by atoms with Crippen molar-refractivity contribution >= 4 is 28.4 Å². The summed E-state index contributed by atoms with van der Waals surface area (Å²) in [6.45, 7) is 0. The number of carbonyl (C=O) groups is 1. The van der Waals surface area contributed by atoms with Gasteiger partial charge in [0.05, 0.1) is 16.8 Å². The molecule has 0 bridgehead atoms. The third kappa shape index (κ3) is 2.39. The normalized spacial score (nSPS) is 15.8. The lowest BCUT2D eigenvalue weighted by atomic mass is 10.1. The smallest absolute Gasteiger partial charge is 0.268 e. The second kappa shape index (κ2) is 4.83. The summed E-state index contributed by atoms with van der Waals surface area (Å²) in [4.78, 5) is 15.5. The minimum Gasteiger partial charge on any atom is -0.350 e. The first-order valence-electron chi connectivity index (χ1n) is 7.26. The number of aryl methyl sites for hydroxylation is 1. The van der Waals surface area contributed by atoms with Gasteiger partial charge in [-0.05, 0) is 31.0 Å². The zero-order valence-corrected chi connectivity index (χ0v) is 13.1. The van der Waals surface area contributed by atoms with Crippen LogP contribution < -0.4 is 5.32 Å². The average molecular weight is 333 g/mol. The number of fused-ring (bicyclic) bond motifs is 1. The van der Waals surface area contributed by atoms with Crippen molar-refractivity contribution in [1.29, 1.82) is 0 Å². The summed E-state index contributed by atoms with van der Waals surface area (Å²) in [5.41, 5.74) is 1.59. The van der Waals surface area contributed by atoms with Crippen molar-refractivity contribution in [3.05, 3.63) is 52.7 Å². The monoisotopic (exact) mass is 332 g/mol. The Labute approximate surface area is 136 Å². The zero-order valence-electron chi connectivity index (χ0n) is 12.4. The molecule has 4 rings (SSSR count). The Morgan fingerprint density at radius 3 is 2.87 bits per heavy atom. The van der Waals surface area contributed by atoms with E-state index in [9.17, 15) is 9.18 Å². The molecular weight excluding hydrogens is 319 g/mol. The summed E-state index contributed by atoms with van der Waals surface area (Å²) >= 11 is 5.78. The molecule has 2 aromatic heterocycles. The number of nitrogens with one attached hydrogen (secondary N) is 2. The van der Waals surface area contributed by atoms with Gasteiger partial charge in [-0.25, -0.2) is 4.39 Å². The first-order valence-corrected chi connectivity index (χ1v) is 7.64. The molecule has 0 unspecified atom stereocenters. The van der Waals surface area contributed by atoms with Crippen LogP contribution in [0.3, 0.4) is 0 Å². The number of rotatable bonds is 3. The second-order valence-corrected chi connectivity index (χ2v) is 6.38. The summed E-state index contributed by atoms with van der Waals surface area (Å²) in [5, 5.41) is 7.95. The first kappa shape index (κ1) is 14.3. The van der Waals surface area contributed by atoms with E-state index in [2.05, 4.69) is 15.4 Å². The molecule has 1 amide bonds. The van der Waals surface area contributed by atoms with Gasteiger partial charge < -0.3 is 10.3 Å². The van der Waals surface area contributed by atoms with Gasteiger partial charge in [0.25, 0.3) is 5.91 Å². The van der Waals surface area contributed by atoms with E-state index < -0.39 is 5.82 Å². The summed E-state index contributed by atoms with van der Waals surface area (Å²) in [5.74, 6) is -0.735. The van der Waals surface area contributed by atoms with Crippen LogP contribution in [0.4, 0.5) is 4.39 Å². The summed E-state index contributed by atoms with van der Waals surface area (Å²) in [7, 11) is 1.84. The predicted molar refractivity (Wildman–Crippen MR) is 84.9 cm³/mol. The Hall–Kier alpha value is -2.34. The quantitative estimate of drug-likeness (QED) is 0.774. The van der Waals surface area contributed by atoms with E-state index in [1.165, 1.54) is 12.1 Å². The molecule has 118 valence electrons. The van der Waals surface area contributed by atoms with Gasteiger partial charge in [0.2, 0.25) is 0 Å². The van der Waals surface area contributed by atoms with Gasteiger partial charge >= 0.3 is 0 Å². The van der Waals surface area contributed by atoms with Crippen LogP contribution in [0.15, 0.2) is 30.6 Å². The molecule has 1 fully saturated rings. The topological polar surface area (TPSA) is 62.7 Å². The minimum absolute atomic E-state index is 0.0393. The number of amides is 1. The highest BCUT2D eigenvalue weighted by molar-refractivity contribution is 6.31. The Balaban J connectivity index is 1.62. The highest BCUT2D eigenvalue weighted by Crippen LogP contribution is 2.45. The fourth-order valence-electron chi connectivity index (χ4n) is 2.81. The van der Waals surface area contributed by atoms with Crippen LogP contribution in [0.25, 0.3) is 10.9 Å². The van der Waals surface area contributed by atoms with Crippen LogP contribution in [0.2, 0.25) is 5.02 Å². The van der Waals surface area contributed by atoms with Gasteiger partial charge in [0.15, 0.2) is 0 Å². The molecule has 3 aromatic rings. The second-order valence-electron chi connectivity index (χ2n) is 5.98. The lowest BCUT2D eigenvalue weighted by Gasteiger charge is -2.15. The van der Waals surface area contributed by atoms with E-state index in [4.69, 9.17) is 11.6 Å². The number of aromatic nitrogens is 3. The lowest BCUT2D eigenvalue weighted by molar-refractivity contribution is 0.0926. The maximum atomic E-state index is 13.5. The SMILES string of the molecule is Cn1cc(C2(NC(=O)c3cc4cc(Cl)c(F)cc4[nH]3)CC2)cn1. The molecule has 23 heavy (non-hydrogen) atoms. The van der Waals surface area contributed by atoms with Crippen LogP contribution in [-0.2, 0) is 12.6 Å². The van der Waals surface area contributed by atoms with E-state index in [-0.39, 0.29) is 16.5 Å². The van der Waals surface area contributed by atoms with Gasteiger partial charge in [0.1, 0.15) is 11.5 Å². The highest BCUT2D eigenvalue weighted by Gasteiger charge is 2.46. The molecule has 5 nitrogen and oxygen atoms in total. The maximum Gasteiger partial charge on any atom is 0.268 e. The molecule has 0 saturated heterocycles. The predicted octanol–water partition coefficient (Wildman–Crippen LogP) is 3.11. The Bertz CT molecular complexity index is 886. The van der Waals surface area contributed by atoms with Gasteiger partial charge in [-0.1, -0.05) is 11.6 Å². The van der Waals surface area contributed by atoms with Crippen molar-refractivity contribution in [2.45, 2.75) is 18.4 Å². The van der Waals surface area contributed by atoms with Crippen LogP contribution >= 0.6 is 11.6 Å². The Kier molecular flexibility index (Phi) is 2.99. The highest BCUT2D eigenvalue weighted by atomic mass is 35.5. The molecule has 0 spiro atoms. The van der Waals surface area contributed by atoms with Crippen LogP contribution in [-0.4, -0.2) is 20.7 Å². The van der Waals surface area contributed by atoms with Crippen LogP contribution in [0.5, 0.6) is 0 Å². The molecule has 2 heterocycles. The molecule has 7 heteroatoms. The minimum atomic E-state index is -0.512. The molecule has 2 N–H and O–H groups in total. The van der Waals surface area contributed by atoms with E-state index in [1.807, 2.05) is 13.2 Å². The molecule has 1 aliphatic carbocycles. The molecule has 1 aliphatic rings. The van der Waals surface area contributed by atoms with Crippen molar-refractivity contribution in [2.24, 2.45) is 7.05 Å². The van der Waals surface area contributed by atoms with E-state index in [0.717, 1.165) is 18.4 Å². The number of hydrogen-bond acceptors (Lipinski definition) is 2. The van der Waals surface area contributed by atoms with Gasteiger partial charge in [-0.3, -0.25) is 9.48 Å². The van der Waals surface area contributed by atoms with Gasteiger partial charge in [-0.15, -0.1) is 0 Å². The van der Waals surface area contributed by atoms with Crippen molar-refractivity contribution in [1.82, 2.24) is 20.1 Å². The Morgan fingerprint density at radius 1 is 1.43 bits per heavy atom. The fraction of sp³-hybridized carbons (Fsp3) is 0.250. The van der Waals surface area contributed by atoms with Crippen LogP contribution in [0.1, 0.15) is 28.9 Å².